The molecule has 2 aliphatic rings. The molecule has 0 aromatic rings. The van der Waals surface area contributed by atoms with Crippen LogP contribution in [0.25, 0.3) is 0 Å². The molecule has 16 heavy (non-hydrogen) atoms. The van der Waals surface area contributed by atoms with Crippen LogP contribution in [0, 0.1) is 5.92 Å². The van der Waals surface area contributed by atoms with Crippen molar-refractivity contribution in [3.63, 3.8) is 0 Å². The minimum Gasteiger partial charge on any atom is -0.383 e. The van der Waals surface area contributed by atoms with Gasteiger partial charge in [-0.1, -0.05) is 0 Å². The first-order valence-corrected chi connectivity index (χ1v) is 6.66. The highest BCUT2D eigenvalue weighted by atomic mass is 16.5. The average Bonchev–Trinajstić information content (AvgIpc) is 3.04. The molecule has 3 nitrogen and oxygen atoms in total. The van der Waals surface area contributed by atoms with Crippen molar-refractivity contribution < 1.29 is 4.74 Å². The van der Waals surface area contributed by atoms with E-state index in [9.17, 15) is 0 Å². The molecule has 0 aromatic heterocycles. The van der Waals surface area contributed by atoms with Crippen LogP contribution in [0.1, 0.15) is 39.0 Å². The molecule has 0 amide bonds. The number of nitrogens with zero attached hydrogens (tertiary/aromatic N) is 1. The van der Waals surface area contributed by atoms with Crippen LogP contribution < -0.4 is 5.73 Å². The van der Waals surface area contributed by atoms with E-state index in [0.29, 0.717) is 6.04 Å². The van der Waals surface area contributed by atoms with Gasteiger partial charge in [0.05, 0.1) is 6.61 Å². The molecule has 0 bridgehead atoms. The topological polar surface area (TPSA) is 38.5 Å². The highest BCUT2D eigenvalue weighted by Gasteiger charge is 2.38. The Bertz CT molecular complexity index is 224. The molecule has 1 unspecified atom stereocenters. The van der Waals surface area contributed by atoms with E-state index < -0.39 is 0 Å². The molecule has 94 valence electrons. The zero-order valence-electron chi connectivity index (χ0n) is 10.7. The van der Waals surface area contributed by atoms with Crippen molar-refractivity contribution in [1.82, 2.24) is 4.90 Å². The van der Waals surface area contributed by atoms with Gasteiger partial charge < -0.3 is 10.5 Å². The fourth-order valence-corrected chi connectivity index (χ4v) is 2.71. The molecule has 0 heterocycles. The summed E-state index contributed by atoms with van der Waals surface area (Å²) in [5, 5.41) is 0. The van der Waals surface area contributed by atoms with Crippen LogP contribution in [0.4, 0.5) is 0 Å². The van der Waals surface area contributed by atoms with Gasteiger partial charge in [-0.3, -0.25) is 4.90 Å². The minimum absolute atomic E-state index is 0.108. The SMILES string of the molecule is COCCN(CC1(N)CCC1)C(C)C1CC1. The molecule has 1 atom stereocenters. The van der Waals surface area contributed by atoms with Crippen LogP contribution in [-0.4, -0.2) is 43.3 Å². The Morgan fingerprint density at radius 3 is 2.56 bits per heavy atom. The van der Waals surface area contributed by atoms with Crippen LogP contribution in [0.5, 0.6) is 0 Å². The van der Waals surface area contributed by atoms with Crippen LogP contribution in [0.3, 0.4) is 0 Å². The largest absolute Gasteiger partial charge is 0.383 e. The molecule has 3 heteroatoms. The summed E-state index contributed by atoms with van der Waals surface area (Å²) >= 11 is 0. The number of ether oxygens (including phenoxy) is 1. The fraction of sp³-hybridized carbons (Fsp3) is 1.00. The summed E-state index contributed by atoms with van der Waals surface area (Å²) < 4.78 is 5.21. The zero-order valence-corrected chi connectivity index (χ0v) is 10.7. The zero-order chi connectivity index (χ0) is 11.6. The molecule has 2 rings (SSSR count). The molecule has 0 aromatic carbocycles. The van der Waals surface area contributed by atoms with Gasteiger partial charge in [-0.05, 0) is 44.9 Å². The Kier molecular flexibility index (Phi) is 3.88. The Balaban J connectivity index is 1.85. The number of hydrogen-bond donors (Lipinski definition) is 1. The van der Waals surface area contributed by atoms with Crippen LogP contribution in [0.2, 0.25) is 0 Å². The standard InChI is InChI=1S/C13H26N2O/c1-11(12-4-5-12)15(8-9-16-2)10-13(14)6-3-7-13/h11-12H,3-10,14H2,1-2H3. The lowest BCUT2D eigenvalue weighted by Crippen LogP contribution is -2.57. The Labute approximate surface area is 99.3 Å². The van der Waals surface area contributed by atoms with Gasteiger partial charge in [0.1, 0.15) is 0 Å². The number of nitrogens with two attached hydrogens (primary N) is 1. The molecule has 2 saturated carbocycles. The molecular formula is C13H26N2O. The van der Waals surface area contributed by atoms with Gasteiger partial charge in [0.25, 0.3) is 0 Å². The first-order chi connectivity index (χ1) is 7.64. The highest BCUT2D eigenvalue weighted by Crippen LogP contribution is 2.37. The Hall–Kier alpha value is -0.120. The van der Waals surface area contributed by atoms with E-state index in [-0.39, 0.29) is 5.54 Å². The van der Waals surface area contributed by atoms with E-state index in [0.717, 1.165) is 25.6 Å². The average molecular weight is 226 g/mol. The predicted molar refractivity (Wildman–Crippen MR) is 66.4 cm³/mol. The monoisotopic (exact) mass is 226 g/mol. The quantitative estimate of drug-likeness (QED) is 0.717. The molecule has 2 aliphatic carbocycles. The summed E-state index contributed by atoms with van der Waals surface area (Å²) in [7, 11) is 1.78. The van der Waals surface area contributed by atoms with Gasteiger partial charge in [0, 0.05) is 31.8 Å². The van der Waals surface area contributed by atoms with Crippen molar-refractivity contribution in [3.8, 4) is 0 Å². The van der Waals surface area contributed by atoms with Crippen LogP contribution in [0.15, 0.2) is 0 Å². The van der Waals surface area contributed by atoms with Crippen molar-refractivity contribution >= 4 is 0 Å². The maximum Gasteiger partial charge on any atom is 0.0589 e. The Morgan fingerprint density at radius 2 is 2.12 bits per heavy atom. The second kappa shape index (κ2) is 5.03. The summed E-state index contributed by atoms with van der Waals surface area (Å²) in [6, 6.07) is 0.691. The first kappa shape index (κ1) is 12.3. The first-order valence-electron chi connectivity index (χ1n) is 6.66. The normalized spacial score (nSPS) is 25.5. The van der Waals surface area contributed by atoms with Crippen molar-refractivity contribution in [3.05, 3.63) is 0 Å². The fourth-order valence-electron chi connectivity index (χ4n) is 2.71. The van der Waals surface area contributed by atoms with Crippen molar-refractivity contribution in [2.75, 3.05) is 26.8 Å². The Morgan fingerprint density at radius 1 is 1.44 bits per heavy atom. The van der Waals surface area contributed by atoms with E-state index in [1.807, 2.05) is 0 Å². The van der Waals surface area contributed by atoms with Crippen molar-refractivity contribution in [2.24, 2.45) is 11.7 Å². The maximum absolute atomic E-state index is 6.35. The third-order valence-electron chi connectivity index (χ3n) is 4.33. The maximum atomic E-state index is 6.35. The predicted octanol–water partition coefficient (Wildman–Crippen LogP) is 1.61. The summed E-state index contributed by atoms with van der Waals surface area (Å²) in [6.07, 6.45) is 6.53. The van der Waals surface area contributed by atoms with Gasteiger partial charge in [-0.25, -0.2) is 0 Å². The second-order valence-corrected chi connectivity index (χ2v) is 5.76. The molecule has 0 saturated heterocycles. The molecule has 2 N–H and O–H groups in total. The van der Waals surface area contributed by atoms with E-state index >= 15 is 0 Å². The summed E-state index contributed by atoms with van der Waals surface area (Å²) in [5.41, 5.74) is 6.46. The molecular weight excluding hydrogens is 200 g/mol. The lowest BCUT2D eigenvalue weighted by Gasteiger charge is -2.44. The smallest absolute Gasteiger partial charge is 0.0589 e. The molecule has 0 aliphatic heterocycles. The third kappa shape index (κ3) is 2.96. The summed E-state index contributed by atoms with van der Waals surface area (Å²) in [5.74, 6) is 0.917. The highest BCUT2D eigenvalue weighted by molar-refractivity contribution is 4.97. The van der Waals surface area contributed by atoms with Gasteiger partial charge >= 0.3 is 0 Å². The van der Waals surface area contributed by atoms with E-state index in [1.54, 1.807) is 7.11 Å². The number of hydrogen-bond acceptors (Lipinski definition) is 3. The second-order valence-electron chi connectivity index (χ2n) is 5.76. The van der Waals surface area contributed by atoms with Crippen molar-refractivity contribution in [1.29, 1.82) is 0 Å². The van der Waals surface area contributed by atoms with Gasteiger partial charge in [0.2, 0.25) is 0 Å². The van der Waals surface area contributed by atoms with E-state index in [4.69, 9.17) is 10.5 Å². The minimum atomic E-state index is 0.108. The summed E-state index contributed by atoms with van der Waals surface area (Å²) in [4.78, 5) is 2.56. The molecule has 0 radical (unpaired) electrons. The van der Waals surface area contributed by atoms with Crippen molar-refractivity contribution in [2.45, 2.75) is 50.6 Å². The van der Waals surface area contributed by atoms with Gasteiger partial charge in [-0.2, -0.15) is 0 Å². The van der Waals surface area contributed by atoms with Gasteiger partial charge in [0.15, 0.2) is 0 Å². The van der Waals surface area contributed by atoms with E-state index in [2.05, 4.69) is 11.8 Å². The van der Waals surface area contributed by atoms with Crippen LogP contribution >= 0.6 is 0 Å². The lowest BCUT2D eigenvalue weighted by atomic mass is 9.77. The molecule has 2 fully saturated rings. The van der Waals surface area contributed by atoms with Crippen LogP contribution in [-0.2, 0) is 4.74 Å². The summed E-state index contributed by atoms with van der Waals surface area (Å²) in [6.45, 7) is 5.28. The molecule has 0 spiro atoms. The third-order valence-corrected chi connectivity index (χ3v) is 4.33. The lowest BCUT2D eigenvalue weighted by molar-refractivity contribution is 0.0741. The number of rotatable bonds is 7. The van der Waals surface area contributed by atoms with Gasteiger partial charge in [-0.15, -0.1) is 0 Å². The number of methoxy groups -OCH3 is 1. The van der Waals surface area contributed by atoms with E-state index in [1.165, 1.54) is 32.1 Å².